The van der Waals surface area contributed by atoms with Crippen molar-refractivity contribution in [3.63, 3.8) is 0 Å². The summed E-state index contributed by atoms with van der Waals surface area (Å²) in [5.41, 5.74) is 2.75. The van der Waals surface area contributed by atoms with Crippen LogP contribution in [0.5, 0.6) is 0 Å². The first kappa shape index (κ1) is 31.2. The molecule has 0 N–H and O–H groups in total. The number of benzene rings is 3. The molecule has 0 amide bonds. The van der Waals surface area contributed by atoms with E-state index in [1.807, 2.05) is 30.3 Å². The summed E-state index contributed by atoms with van der Waals surface area (Å²) in [7, 11) is 0. The molecule has 3 nitrogen and oxygen atoms in total. The zero-order valence-corrected chi connectivity index (χ0v) is 24.3. The summed E-state index contributed by atoms with van der Waals surface area (Å²) >= 11 is 0. The van der Waals surface area contributed by atoms with Crippen molar-refractivity contribution in [3.8, 4) is 0 Å². The molecule has 3 aromatic rings. The van der Waals surface area contributed by atoms with Crippen LogP contribution >= 0.6 is 0 Å². The molecule has 3 heteroatoms. The molecule has 0 saturated carbocycles. The van der Waals surface area contributed by atoms with Crippen LogP contribution in [-0.2, 0) is 6.42 Å². The molecule has 0 radical (unpaired) electrons. The molecule has 0 spiro atoms. The lowest BCUT2D eigenvalue weighted by Crippen LogP contribution is -2.17. The third kappa shape index (κ3) is 10.3. The smallest absolute Gasteiger partial charge is 0.233 e. The van der Waals surface area contributed by atoms with Crippen molar-refractivity contribution >= 4 is 17.3 Å². The number of carbonyl (C=O) groups excluding carboxylic acids is 3. The van der Waals surface area contributed by atoms with Crippen LogP contribution in [0.2, 0.25) is 0 Å². The van der Waals surface area contributed by atoms with Gasteiger partial charge in [-0.1, -0.05) is 157 Å². The Morgan fingerprint density at radius 3 is 1.48 bits per heavy atom. The molecule has 0 aliphatic rings. The Morgan fingerprint density at radius 1 is 0.475 bits per heavy atom. The second-order valence-corrected chi connectivity index (χ2v) is 10.9. The molecule has 0 aliphatic heterocycles. The van der Waals surface area contributed by atoms with Gasteiger partial charge in [-0.15, -0.1) is 0 Å². The summed E-state index contributed by atoms with van der Waals surface area (Å²) in [6, 6.07) is 23.0. The highest BCUT2D eigenvalue weighted by Crippen LogP contribution is 2.21. The number of hydrogen-bond donors (Lipinski definition) is 0. The van der Waals surface area contributed by atoms with Gasteiger partial charge in [-0.3, -0.25) is 14.4 Å². The molecule has 3 rings (SSSR count). The van der Waals surface area contributed by atoms with Gasteiger partial charge in [0, 0.05) is 22.3 Å². The molecule has 0 heterocycles. The SMILES string of the molecule is CCCCCCCCCCCCCCCCc1cc(C(=O)c2ccccc2)ccc1C(=O)C(=O)c1ccccc1. The van der Waals surface area contributed by atoms with E-state index in [1.54, 1.807) is 48.5 Å². The highest BCUT2D eigenvalue weighted by molar-refractivity contribution is 6.49. The van der Waals surface area contributed by atoms with Crippen molar-refractivity contribution < 1.29 is 14.4 Å². The van der Waals surface area contributed by atoms with Gasteiger partial charge < -0.3 is 0 Å². The van der Waals surface area contributed by atoms with Gasteiger partial charge in [-0.2, -0.15) is 0 Å². The molecule has 0 saturated heterocycles. The van der Waals surface area contributed by atoms with E-state index in [4.69, 9.17) is 0 Å². The van der Waals surface area contributed by atoms with Crippen molar-refractivity contribution in [1.29, 1.82) is 0 Å². The van der Waals surface area contributed by atoms with Gasteiger partial charge in [-0.05, 0) is 30.5 Å². The van der Waals surface area contributed by atoms with E-state index in [-0.39, 0.29) is 5.78 Å². The second kappa shape index (κ2) is 18.1. The maximum absolute atomic E-state index is 13.2. The summed E-state index contributed by atoms with van der Waals surface area (Å²) in [6.07, 6.45) is 18.6. The zero-order valence-electron chi connectivity index (χ0n) is 24.3. The Kier molecular flexibility index (Phi) is 14.1. The molecular formula is C37H46O3. The maximum Gasteiger partial charge on any atom is 0.233 e. The minimum atomic E-state index is -0.509. The largest absolute Gasteiger partial charge is 0.289 e. The highest BCUT2D eigenvalue weighted by atomic mass is 16.2. The Balaban J connectivity index is 1.52. The third-order valence-corrected chi connectivity index (χ3v) is 7.69. The zero-order chi connectivity index (χ0) is 28.4. The number of rotatable bonds is 20. The summed E-state index contributed by atoms with van der Waals surface area (Å²) in [5, 5.41) is 0. The maximum atomic E-state index is 13.2. The number of Topliss-reactive ketones (excluding diaryl/α,β-unsaturated/α-hetero) is 2. The number of hydrogen-bond acceptors (Lipinski definition) is 3. The Bertz CT molecular complexity index is 1180. The minimum Gasteiger partial charge on any atom is -0.289 e. The molecule has 0 aliphatic carbocycles. The third-order valence-electron chi connectivity index (χ3n) is 7.69. The van der Waals surface area contributed by atoms with E-state index in [1.165, 1.54) is 77.0 Å². The summed E-state index contributed by atoms with van der Waals surface area (Å²) in [5.74, 6) is -1.09. The van der Waals surface area contributed by atoms with Gasteiger partial charge in [0.2, 0.25) is 11.6 Å². The van der Waals surface area contributed by atoms with Crippen LogP contribution in [0.3, 0.4) is 0 Å². The lowest BCUT2D eigenvalue weighted by atomic mass is 9.91. The van der Waals surface area contributed by atoms with Crippen LogP contribution in [0.25, 0.3) is 0 Å². The highest BCUT2D eigenvalue weighted by Gasteiger charge is 2.22. The van der Waals surface area contributed by atoms with E-state index in [2.05, 4.69) is 6.92 Å². The van der Waals surface area contributed by atoms with Gasteiger partial charge in [0.05, 0.1) is 0 Å². The van der Waals surface area contributed by atoms with Crippen LogP contribution < -0.4 is 0 Å². The fraction of sp³-hybridized carbons (Fsp3) is 0.432. The normalized spacial score (nSPS) is 10.9. The van der Waals surface area contributed by atoms with E-state index in [0.717, 1.165) is 18.4 Å². The number of ketones is 3. The standard InChI is InChI=1S/C37H46O3/c1-2-3-4-5-6-7-8-9-10-11-12-13-14-17-26-32-29-33(35(38)30-22-18-15-19-23-30)27-28-34(32)37(40)36(39)31-24-20-16-21-25-31/h15-16,18-25,27-29H,2-14,17,26H2,1H3. The molecule has 0 bridgehead atoms. The van der Waals surface area contributed by atoms with Crippen LogP contribution in [0.4, 0.5) is 0 Å². The van der Waals surface area contributed by atoms with Crippen LogP contribution in [0.1, 0.15) is 139 Å². The first-order chi connectivity index (χ1) is 19.6. The molecule has 0 fully saturated rings. The second-order valence-electron chi connectivity index (χ2n) is 10.9. The van der Waals surface area contributed by atoms with Crippen molar-refractivity contribution in [2.75, 3.05) is 0 Å². The van der Waals surface area contributed by atoms with Gasteiger partial charge in [0.25, 0.3) is 0 Å². The Morgan fingerprint density at radius 2 is 0.950 bits per heavy atom. The van der Waals surface area contributed by atoms with Crippen LogP contribution in [0, 0.1) is 0 Å². The molecule has 0 atom stereocenters. The van der Waals surface area contributed by atoms with Crippen molar-refractivity contribution in [2.45, 2.75) is 103 Å². The predicted octanol–water partition coefficient (Wildman–Crippen LogP) is 10.0. The number of carbonyl (C=O) groups is 3. The first-order valence-electron chi connectivity index (χ1n) is 15.5. The van der Waals surface area contributed by atoms with Crippen LogP contribution in [-0.4, -0.2) is 17.3 Å². The lowest BCUT2D eigenvalue weighted by molar-refractivity contribution is 0.0816. The minimum absolute atomic E-state index is 0.0730. The summed E-state index contributed by atoms with van der Waals surface area (Å²) in [4.78, 5) is 39.2. The monoisotopic (exact) mass is 538 g/mol. The van der Waals surface area contributed by atoms with Gasteiger partial charge in [0.15, 0.2) is 5.78 Å². The average molecular weight is 539 g/mol. The predicted molar refractivity (Wildman–Crippen MR) is 165 cm³/mol. The fourth-order valence-corrected chi connectivity index (χ4v) is 5.27. The first-order valence-corrected chi connectivity index (χ1v) is 15.5. The Hall–Kier alpha value is -3.33. The van der Waals surface area contributed by atoms with E-state index in [9.17, 15) is 14.4 Å². The molecule has 0 aromatic heterocycles. The fourth-order valence-electron chi connectivity index (χ4n) is 5.27. The number of unbranched alkanes of at least 4 members (excludes halogenated alkanes) is 13. The van der Waals surface area contributed by atoms with Crippen molar-refractivity contribution in [1.82, 2.24) is 0 Å². The molecule has 212 valence electrons. The molecular weight excluding hydrogens is 492 g/mol. The summed E-state index contributed by atoms with van der Waals surface area (Å²) in [6.45, 7) is 2.26. The quantitative estimate of drug-likeness (QED) is 0.0817. The topological polar surface area (TPSA) is 51.2 Å². The van der Waals surface area contributed by atoms with Crippen LogP contribution in [0.15, 0.2) is 78.9 Å². The van der Waals surface area contributed by atoms with Crippen molar-refractivity contribution in [2.24, 2.45) is 0 Å². The van der Waals surface area contributed by atoms with E-state index < -0.39 is 11.6 Å². The van der Waals surface area contributed by atoms with E-state index >= 15 is 0 Å². The Labute approximate surface area is 241 Å². The average Bonchev–Trinajstić information content (AvgIpc) is 3.01. The lowest BCUT2D eigenvalue weighted by Gasteiger charge is -2.11. The molecule has 40 heavy (non-hydrogen) atoms. The molecule has 3 aromatic carbocycles. The van der Waals surface area contributed by atoms with Gasteiger partial charge >= 0.3 is 0 Å². The van der Waals surface area contributed by atoms with E-state index in [0.29, 0.717) is 28.7 Å². The summed E-state index contributed by atoms with van der Waals surface area (Å²) < 4.78 is 0. The van der Waals surface area contributed by atoms with Gasteiger partial charge in [-0.25, -0.2) is 0 Å². The van der Waals surface area contributed by atoms with Gasteiger partial charge in [0.1, 0.15) is 0 Å². The molecule has 0 unspecified atom stereocenters. The van der Waals surface area contributed by atoms with Crippen molar-refractivity contribution in [3.05, 3.63) is 107 Å². The number of aryl methyl sites for hydroxylation is 1.